The zero-order valence-electron chi connectivity index (χ0n) is 13.6. The fraction of sp³-hybridized carbons (Fsp3) is 0.353. The molecular weight excluding hydrogens is 326 g/mol. The molecular formula is C17H21N3O3S. The molecule has 1 fully saturated rings. The number of benzene rings is 2. The average Bonchev–Trinajstić information content (AvgIpc) is 2.61. The highest BCUT2D eigenvalue weighted by Crippen LogP contribution is 2.22. The van der Waals surface area contributed by atoms with Crippen molar-refractivity contribution in [1.82, 2.24) is 14.5 Å². The van der Waals surface area contributed by atoms with Crippen LogP contribution in [0.3, 0.4) is 0 Å². The molecule has 2 aromatic rings. The van der Waals surface area contributed by atoms with Crippen LogP contribution in [0.1, 0.15) is 0 Å². The van der Waals surface area contributed by atoms with Crippen LogP contribution in [0.15, 0.2) is 47.4 Å². The maximum absolute atomic E-state index is 12.8. The number of hydrogen-bond acceptors (Lipinski definition) is 4. The van der Waals surface area contributed by atoms with Gasteiger partial charge in [-0.1, -0.05) is 30.3 Å². The molecule has 0 atom stereocenters. The van der Waals surface area contributed by atoms with E-state index in [0.29, 0.717) is 31.1 Å². The zero-order chi connectivity index (χ0) is 17.2. The van der Waals surface area contributed by atoms with Gasteiger partial charge in [0, 0.05) is 26.2 Å². The van der Waals surface area contributed by atoms with Gasteiger partial charge in [0.1, 0.15) is 0 Å². The van der Waals surface area contributed by atoms with Crippen LogP contribution < -0.4 is 5.32 Å². The molecule has 1 aliphatic rings. The molecule has 1 heterocycles. The Labute approximate surface area is 142 Å². The summed E-state index contributed by atoms with van der Waals surface area (Å²) in [5, 5.41) is 4.74. The molecule has 0 saturated carbocycles. The first-order valence-corrected chi connectivity index (χ1v) is 9.38. The molecule has 1 aliphatic heterocycles. The number of rotatable bonds is 4. The van der Waals surface area contributed by atoms with Gasteiger partial charge in [0.2, 0.25) is 15.9 Å². The summed E-state index contributed by atoms with van der Waals surface area (Å²) >= 11 is 0. The van der Waals surface area contributed by atoms with Crippen LogP contribution in [0.25, 0.3) is 10.8 Å². The zero-order valence-corrected chi connectivity index (χ0v) is 14.4. The second kappa shape index (κ2) is 6.88. The monoisotopic (exact) mass is 347 g/mol. The van der Waals surface area contributed by atoms with Crippen LogP contribution in [0, 0.1) is 0 Å². The summed E-state index contributed by atoms with van der Waals surface area (Å²) in [6.45, 7) is 1.77. The van der Waals surface area contributed by atoms with E-state index in [2.05, 4.69) is 5.32 Å². The third kappa shape index (κ3) is 3.28. The van der Waals surface area contributed by atoms with Gasteiger partial charge in [-0.2, -0.15) is 4.31 Å². The van der Waals surface area contributed by atoms with Gasteiger partial charge in [0.15, 0.2) is 0 Å². The first-order valence-electron chi connectivity index (χ1n) is 7.94. The summed E-state index contributed by atoms with van der Waals surface area (Å²) in [6.07, 6.45) is 0. The molecule has 1 amide bonds. The number of nitrogens with one attached hydrogen (secondary N) is 1. The summed E-state index contributed by atoms with van der Waals surface area (Å²) in [4.78, 5) is 13.9. The van der Waals surface area contributed by atoms with E-state index in [1.165, 1.54) is 4.31 Å². The van der Waals surface area contributed by atoms with Crippen LogP contribution in [-0.2, 0) is 14.8 Å². The van der Waals surface area contributed by atoms with Gasteiger partial charge in [0.25, 0.3) is 0 Å². The lowest BCUT2D eigenvalue weighted by Crippen LogP contribution is -2.52. The molecule has 1 N–H and O–H groups in total. The van der Waals surface area contributed by atoms with E-state index >= 15 is 0 Å². The van der Waals surface area contributed by atoms with Crippen LogP contribution in [0.4, 0.5) is 0 Å². The topological polar surface area (TPSA) is 69.7 Å². The van der Waals surface area contributed by atoms with Crippen molar-refractivity contribution < 1.29 is 13.2 Å². The van der Waals surface area contributed by atoms with Crippen molar-refractivity contribution in [2.24, 2.45) is 0 Å². The number of hydrogen-bond donors (Lipinski definition) is 1. The fourth-order valence-electron chi connectivity index (χ4n) is 2.92. The van der Waals surface area contributed by atoms with E-state index in [1.807, 2.05) is 30.3 Å². The number of piperazine rings is 1. The summed E-state index contributed by atoms with van der Waals surface area (Å²) < 4.78 is 27.1. The third-order valence-electron chi connectivity index (χ3n) is 4.28. The Morgan fingerprint density at radius 2 is 1.71 bits per heavy atom. The maximum Gasteiger partial charge on any atom is 0.243 e. The molecule has 0 unspecified atom stereocenters. The number of carbonyl (C=O) groups excluding carboxylic acids is 1. The van der Waals surface area contributed by atoms with Gasteiger partial charge < -0.3 is 10.2 Å². The minimum Gasteiger partial charge on any atom is -0.339 e. The highest BCUT2D eigenvalue weighted by Gasteiger charge is 2.29. The van der Waals surface area contributed by atoms with Crippen molar-refractivity contribution in [2.75, 3.05) is 39.8 Å². The SMILES string of the molecule is CNCC(=O)N1CCN(S(=O)(=O)c2ccc3ccccc3c2)CC1. The molecule has 6 nitrogen and oxygen atoms in total. The number of fused-ring (bicyclic) bond motifs is 1. The Morgan fingerprint density at radius 1 is 1.04 bits per heavy atom. The molecule has 1 saturated heterocycles. The summed E-state index contributed by atoms with van der Waals surface area (Å²) in [6, 6.07) is 12.9. The third-order valence-corrected chi connectivity index (χ3v) is 6.17. The summed E-state index contributed by atoms with van der Waals surface area (Å²) in [5.41, 5.74) is 0. The van der Waals surface area contributed by atoms with Gasteiger partial charge in [-0.25, -0.2) is 8.42 Å². The number of likely N-dealkylation sites (N-methyl/N-ethyl adjacent to an activating group) is 1. The molecule has 128 valence electrons. The predicted molar refractivity (Wildman–Crippen MR) is 93.2 cm³/mol. The number of carbonyl (C=O) groups is 1. The lowest BCUT2D eigenvalue weighted by molar-refractivity contribution is -0.131. The second-order valence-corrected chi connectivity index (χ2v) is 7.76. The summed E-state index contributed by atoms with van der Waals surface area (Å²) in [7, 11) is -1.81. The van der Waals surface area contributed by atoms with E-state index in [0.717, 1.165) is 10.8 Å². The fourth-order valence-corrected chi connectivity index (χ4v) is 4.38. The van der Waals surface area contributed by atoms with Crippen molar-refractivity contribution in [3.05, 3.63) is 42.5 Å². The molecule has 0 aliphatic carbocycles. The Morgan fingerprint density at radius 3 is 2.38 bits per heavy atom. The Hall–Kier alpha value is -1.96. The maximum atomic E-state index is 12.8. The number of nitrogens with zero attached hydrogens (tertiary/aromatic N) is 2. The molecule has 0 bridgehead atoms. The van der Waals surface area contributed by atoms with E-state index < -0.39 is 10.0 Å². The minimum atomic E-state index is -3.54. The lowest BCUT2D eigenvalue weighted by atomic mass is 10.1. The Balaban J connectivity index is 1.77. The second-order valence-electron chi connectivity index (χ2n) is 5.82. The highest BCUT2D eigenvalue weighted by molar-refractivity contribution is 7.89. The molecule has 24 heavy (non-hydrogen) atoms. The molecule has 0 aromatic heterocycles. The predicted octanol–water partition coefficient (Wildman–Crippen LogP) is 0.892. The van der Waals surface area contributed by atoms with Gasteiger partial charge in [-0.05, 0) is 30.0 Å². The molecule has 2 aromatic carbocycles. The van der Waals surface area contributed by atoms with Crippen molar-refractivity contribution in [1.29, 1.82) is 0 Å². The van der Waals surface area contributed by atoms with E-state index in [4.69, 9.17) is 0 Å². The largest absolute Gasteiger partial charge is 0.339 e. The highest BCUT2D eigenvalue weighted by atomic mass is 32.2. The van der Waals surface area contributed by atoms with Crippen LogP contribution in [0.2, 0.25) is 0 Å². The van der Waals surface area contributed by atoms with Gasteiger partial charge in [-0.15, -0.1) is 0 Å². The normalized spacial score (nSPS) is 16.5. The van der Waals surface area contributed by atoms with Crippen molar-refractivity contribution in [2.45, 2.75) is 4.90 Å². The quantitative estimate of drug-likeness (QED) is 0.892. The smallest absolute Gasteiger partial charge is 0.243 e. The van der Waals surface area contributed by atoms with E-state index in [9.17, 15) is 13.2 Å². The van der Waals surface area contributed by atoms with Gasteiger partial charge in [-0.3, -0.25) is 4.79 Å². The minimum absolute atomic E-state index is 0.000234. The van der Waals surface area contributed by atoms with Gasteiger partial charge in [0.05, 0.1) is 11.4 Å². The summed E-state index contributed by atoms with van der Waals surface area (Å²) in [5.74, 6) is 0.000234. The van der Waals surface area contributed by atoms with Crippen LogP contribution >= 0.6 is 0 Å². The molecule has 3 rings (SSSR count). The average molecular weight is 347 g/mol. The van der Waals surface area contributed by atoms with Crippen molar-refractivity contribution in [3.63, 3.8) is 0 Å². The Bertz CT molecular complexity index is 843. The molecule has 7 heteroatoms. The van der Waals surface area contributed by atoms with Crippen LogP contribution in [-0.4, -0.2) is 63.3 Å². The van der Waals surface area contributed by atoms with Crippen LogP contribution in [0.5, 0.6) is 0 Å². The first kappa shape index (κ1) is 16.9. The first-order chi connectivity index (χ1) is 11.5. The van der Waals surface area contributed by atoms with Crippen molar-refractivity contribution >= 4 is 26.7 Å². The lowest BCUT2D eigenvalue weighted by Gasteiger charge is -2.34. The van der Waals surface area contributed by atoms with Gasteiger partial charge >= 0.3 is 0 Å². The molecule has 0 radical (unpaired) electrons. The number of amides is 1. The number of sulfonamides is 1. The standard InChI is InChI=1S/C17H21N3O3S/c1-18-13-17(21)19-8-10-20(11-9-19)24(22,23)16-7-6-14-4-2-3-5-15(14)12-16/h2-7,12,18H,8-11,13H2,1H3. The van der Waals surface area contributed by atoms with E-state index in [-0.39, 0.29) is 12.5 Å². The van der Waals surface area contributed by atoms with Crippen molar-refractivity contribution in [3.8, 4) is 0 Å². The van der Waals surface area contributed by atoms with E-state index in [1.54, 1.807) is 24.1 Å². The molecule has 0 spiro atoms. The Kier molecular flexibility index (Phi) is 4.84.